The van der Waals surface area contributed by atoms with Crippen molar-refractivity contribution in [1.29, 1.82) is 0 Å². The number of anilines is 2. The molecule has 0 atom stereocenters. The molecule has 0 unspecified atom stereocenters. The fourth-order valence-corrected chi connectivity index (χ4v) is 2.60. The molecule has 4 nitrogen and oxygen atoms in total. The molecule has 0 bridgehead atoms. The van der Waals surface area contributed by atoms with Crippen LogP contribution in [-0.2, 0) is 6.42 Å². The van der Waals surface area contributed by atoms with Crippen LogP contribution in [0.1, 0.15) is 44.0 Å². The van der Waals surface area contributed by atoms with Crippen LogP contribution in [0.5, 0.6) is 0 Å². The molecule has 2 aliphatic carbocycles. The first kappa shape index (κ1) is 12.7. The Morgan fingerprint density at radius 2 is 1.95 bits per heavy atom. The van der Waals surface area contributed by atoms with Gasteiger partial charge in [-0.25, -0.2) is 9.97 Å². The van der Waals surface area contributed by atoms with E-state index in [2.05, 4.69) is 29.0 Å². The van der Waals surface area contributed by atoms with Gasteiger partial charge in [-0.15, -0.1) is 0 Å². The van der Waals surface area contributed by atoms with Crippen molar-refractivity contribution in [2.24, 2.45) is 5.92 Å². The Bertz CT molecular complexity index is 463. The van der Waals surface area contributed by atoms with Gasteiger partial charge in [-0.2, -0.15) is 0 Å². The van der Waals surface area contributed by atoms with Gasteiger partial charge in [-0.05, 0) is 38.5 Å². The quantitative estimate of drug-likeness (QED) is 0.854. The Morgan fingerprint density at radius 1 is 1.21 bits per heavy atom. The maximum Gasteiger partial charge on any atom is 0.137 e. The van der Waals surface area contributed by atoms with E-state index < -0.39 is 0 Å². The summed E-state index contributed by atoms with van der Waals surface area (Å²) in [6, 6.07) is 0.726. The lowest BCUT2D eigenvalue weighted by Crippen LogP contribution is -2.30. The SMILES string of the molecule is CCc1nc(NC)c(C)c(N(CC2CC2)C2CC2)n1. The Balaban J connectivity index is 1.95. The van der Waals surface area contributed by atoms with E-state index in [4.69, 9.17) is 4.98 Å². The lowest BCUT2D eigenvalue weighted by Gasteiger charge is -2.26. The Morgan fingerprint density at radius 3 is 2.47 bits per heavy atom. The molecule has 0 amide bonds. The van der Waals surface area contributed by atoms with Crippen LogP contribution in [0.3, 0.4) is 0 Å². The standard InChI is InChI=1S/C15H24N4/c1-4-13-17-14(16-3)10(2)15(18-13)19(12-7-8-12)9-11-5-6-11/h11-12H,4-9H2,1-3H3,(H,16,17,18). The zero-order valence-electron chi connectivity index (χ0n) is 12.2. The second-order valence-electron chi connectivity index (χ2n) is 5.87. The molecule has 1 aromatic rings. The molecule has 4 heteroatoms. The van der Waals surface area contributed by atoms with Gasteiger partial charge >= 0.3 is 0 Å². The van der Waals surface area contributed by atoms with Gasteiger partial charge in [0.05, 0.1) is 0 Å². The maximum absolute atomic E-state index is 4.82. The first-order chi connectivity index (χ1) is 9.22. The summed E-state index contributed by atoms with van der Waals surface area (Å²) < 4.78 is 0. The van der Waals surface area contributed by atoms with Crippen molar-refractivity contribution >= 4 is 11.6 Å². The van der Waals surface area contributed by atoms with Gasteiger partial charge in [0, 0.05) is 31.6 Å². The fourth-order valence-electron chi connectivity index (χ4n) is 2.60. The van der Waals surface area contributed by atoms with Gasteiger partial charge in [0.15, 0.2) is 0 Å². The smallest absolute Gasteiger partial charge is 0.137 e. The highest BCUT2D eigenvalue weighted by molar-refractivity contribution is 5.59. The van der Waals surface area contributed by atoms with E-state index in [1.54, 1.807) is 0 Å². The van der Waals surface area contributed by atoms with Gasteiger partial charge in [0.2, 0.25) is 0 Å². The minimum Gasteiger partial charge on any atom is -0.373 e. The molecule has 1 aromatic heterocycles. The second kappa shape index (κ2) is 4.99. The zero-order chi connectivity index (χ0) is 13.4. The predicted octanol–water partition coefficient (Wildman–Crippen LogP) is 2.77. The molecule has 2 aliphatic rings. The molecule has 0 aliphatic heterocycles. The number of nitrogens with zero attached hydrogens (tertiary/aromatic N) is 3. The summed E-state index contributed by atoms with van der Waals surface area (Å²) in [4.78, 5) is 11.9. The van der Waals surface area contributed by atoms with Crippen LogP contribution in [0.2, 0.25) is 0 Å². The van der Waals surface area contributed by atoms with Crippen molar-refractivity contribution in [2.75, 3.05) is 23.8 Å². The molecule has 1 N–H and O–H groups in total. The number of rotatable bonds is 6. The van der Waals surface area contributed by atoms with E-state index in [1.807, 2.05) is 7.05 Å². The summed E-state index contributed by atoms with van der Waals surface area (Å²) in [5.74, 6) is 4.01. The normalized spacial score (nSPS) is 18.5. The predicted molar refractivity (Wildman–Crippen MR) is 78.8 cm³/mol. The molecule has 0 saturated heterocycles. The van der Waals surface area contributed by atoms with Gasteiger partial charge in [0.25, 0.3) is 0 Å². The highest BCUT2D eigenvalue weighted by Gasteiger charge is 2.35. The molecular formula is C15H24N4. The minimum atomic E-state index is 0.726. The maximum atomic E-state index is 4.82. The lowest BCUT2D eigenvalue weighted by atomic mass is 10.2. The number of hydrogen-bond acceptors (Lipinski definition) is 4. The van der Waals surface area contributed by atoms with Crippen molar-refractivity contribution in [3.63, 3.8) is 0 Å². The molecule has 3 rings (SSSR count). The third kappa shape index (κ3) is 2.67. The lowest BCUT2D eigenvalue weighted by molar-refractivity contribution is 0.701. The van der Waals surface area contributed by atoms with E-state index in [0.29, 0.717) is 0 Å². The average molecular weight is 260 g/mol. The molecule has 2 saturated carbocycles. The fraction of sp³-hybridized carbons (Fsp3) is 0.733. The van der Waals surface area contributed by atoms with E-state index >= 15 is 0 Å². The van der Waals surface area contributed by atoms with Crippen LogP contribution in [-0.4, -0.2) is 29.6 Å². The molecular weight excluding hydrogens is 236 g/mol. The van der Waals surface area contributed by atoms with Crippen LogP contribution >= 0.6 is 0 Å². The Hall–Kier alpha value is -1.32. The van der Waals surface area contributed by atoms with E-state index in [9.17, 15) is 0 Å². The molecule has 1 heterocycles. The van der Waals surface area contributed by atoms with Gasteiger partial charge in [0.1, 0.15) is 17.5 Å². The summed E-state index contributed by atoms with van der Waals surface area (Å²) in [7, 11) is 1.95. The molecule has 0 aromatic carbocycles. The van der Waals surface area contributed by atoms with Crippen LogP contribution in [0.15, 0.2) is 0 Å². The van der Waals surface area contributed by atoms with Crippen molar-refractivity contribution in [1.82, 2.24) is 9.97 Å². The van der Waals surface area contributed by atoms with E-state index in [-0.39, 0.29) is 0 Å². The molecule has 0 spiro atoms. The van der Waals surface area contributed by atoms with Crippen LogP contribution < -0.4 is 10.2 Å². The monoisotopic (exact) mass is 260 g/mol. The van der Waals surface area contributed by atoms with Gasteiger partial charge in [-0.1, -0.05) is 6.92 Å². The number of nitrogens with one attached hydrogen (secondary N) is 1. The highest BCUT2D eigenvalue weighted by Crippen LogP contribution is 2.38. The first-order valence-corrected chi connectivity index (χ1v) is 7.54. The van der Waals surface area contributed by atoms with E-state index in [1.165, 1.54) is 43.6 Å². The van der Waals surface area contributed by atoms with E-state index in [0.717, 1.165) is 30.0 Å². The van der Waals surface area contributed by atoms with Crippen molar-refractivity contribution in [3.8, 4) is 0 Å². The zero-order valence-corrected chi connectivity index (χ0v) is 12.2. The summed E-state index contributed by atoms with van der Waals surface area (Å²) >= 11 is 0. The summed E-state index contributed by atoms with van der Waals surface area (Å²) in [5.41, 5.74) is 1.20. The van der Waals surface area contributed by atoms with Crippen molar-refractivity contribution in [3.05, 3.63) is 11.4 Å². The Kier molecular flexibility index (Phi) is 3.33. The van der Waals surface area contributed by atoms with Crippen LogP contribution in [0.25, 0.3) is 0 Å². The number of hydrogen-bond donors (Lipinski definition) is 1. The summed E-state index contributed by atoms with van der Waals surface area (Å²) in [5, 5.41) is 3.22. The number of aromatic nitrogens is 2. The Labute approximate surface area is 115 Å². The topological polar surface area (TPSA) is 41.1 Å². The van der Waals surface area contributed by atoms with Gasteiger partial charge in [-0.3, -0.25) is 0 Å². The molecule has 104 valence electrons. The van der Waals surface area contributed by atoms with Crippen LogP contribution in [0, 0.1) is 12.8 Å². The van der Waals surface area contributed by atoms with Gasteiger partial charge < -0.3 is 10.2 Å². The largest absolute Gasteiger partial charge is 0.373 e. The highest BCUT2D eigenvalue weighted by atomic mass is 15.3. The third-order valence-corrected chi connectivity index (χ3v) is 4.13. The van der Waals surface area contributed by atoms with Crippen molar-refractivity contribution < 1.29 is 0 Å². The average Bonchev–Trinajstić information content (AvgIpc) is 3.28. The first-order valence-electron chi connectivity index (χ1n) is 7.54. The third-order valence-electron chi connectivity index (χ3n) is 4.13. The summed E-state index contributed by atoms with van der Waals surface area (Å²) in [6.45, 7) is 5.45. The molecule has 0 radical (unpaired) electrons. The number of aryl methyl sites for hydroxylation is 1. The molecule has 2 fully saturated rings. The van der Waals surface area contributed by atoms with Crippen LogP contribution in [0.4, 0.5) is 11.6 Å². The second-order valence-corrected chi connectivity index (χ2v) is 5.87. The minimum absolute atomic E-state index is 0.726. The summed E-state index contributed by atoms with van der Waals surface area (Å²) in [6.07, 6.45) is 6.34. The molecule has 19 heavy (non-hydrogen) atoms. The van der Waals surface area contributed by atoms with Crippen molar-refractivity contribution in [2.45, 2.75) is 52.0 Å².